The van der Waals surface area contributed by atoms with Gasteiger partial charge in [0.1, 0.15) is 5.82 Å². The number of thiophene rings is 1. The highest BCUT2D eigenvalue weighted by Crippen LogP contribution is 2.28. The van der Waals surface area contributed by atoms with Crippen LogP contribution in [0.3, 0.4) is 0 Å². The Morgan fingerprint density at radius 1 is 1.24 bits per heavy atom. The molecular formula is C14H16FNS. The Morgan fingerprint density at radius 2 is 2.12 bits per heavy atom. The fourth-order valence-electron chi connectivity index (χ4n) is 1.66. The van der Waals surface area contributed by atoms with E-state index >= 15 is 0 Å². The maximum Gasteiger partial charge on any atom is 0.123 e. The summed E-state index contributed by atoms with van der Waals surface area (Å²) in [5.74, 6) is -0.179. The van der Waals surface area contributed by atoms with Gasteiger partial charge in [0.25, 0.3) is 0 Å². The first-order chi connectivity index (χ1) is 8.29. The molecule has 0 spiro atoms. The lowest BCUT2D eigenvalue weighted by Crippen LogP contribution is -2.12. The SMILES string of the molecule is CCCNCc1ccc(-c2cccc(F)c2)s1. The minimum atomic E-state index is -0.179. The number of benzene rings is 1. The van der Waals surface area contributed by atoms with Gasteiger partial charge in [0.05, 0.1) is 0 Å². The average molecular weight is 249 g/mol. The maximum atomic E-state index is 13.1. The second-order valence-electron chi connectivity index (χ2n) is 3.95. The van der Waals surface area contributed by atoms with E-state index in [1.807, 2.05) is 6.07 Å². The van der Waals surface area contributed by atoms with E-state index in [9.17, 15) is 4.39 Å². The van der Waals surface area contributed by atoms with E-state index in [4.69, 9.17) is 0 Å². The molecule has 0 saturated heterocycles. The second kappa shape index (κ2) is 5.94. The molecule has 3 heteroatoms. The molecule has 1 aromatic carbocycles. The van der Waals surface area contributed by atoms with Crippen LogP contribution in [0.25, 0.3) is 10.4 Å². The van der Waals surface area contributed by atoms with Crippen LogP contribution in [0, 0.1) is 5.82 Å². The Hall–Kier alpha value is -1.19. The van der Waals surface area contributed by atoms with Gasteiger partial charge in [-0.2, -0.15) is 0 Å². The molecule has 1 aromatic heterocycles. The van der Waals surface area contributed by atoms with E-state index in [-0.39, 0.29) is 5.82 Å². The summed E-state index contributed by atoms with van der Waals surface area (Å²) in [6.07, 6.45) is 1.14. The number of halogens is 1. The largest absolute Gasteiger partial charge is 0.312 e. The van der Waals surface area contributed by atoms with E-state index in [2.05, 4.69) is 24.4 Å². The molecule has 2 rings (SSSR count). The normalized spacial score (nSPS) is 10.7. The fraction of sp³-hybridized carbons (Fsp3) is 0.286. The van der Waals surface area contributed by atoms with Crippen LogP contribution >= 0.6 is 11.3 Å². The number of nitrogens with one attached hydrogen (secondary N) is 1. The molecule has 0 fully saturated rings. The summed E-state index contributed by atoms with van der Waals surface area (Å²) in [7, 11) is 0. The van der Waals surface area contributed by atoms with Crippen LogP contribution in [-0.2, 0) is 6.54 Å². The Kier molecular flexibility index (Phi) is 4.29. The molecule has 0 unspecified atom stereocenters. The summed E-state index contributed by atoms with van der Waals surface area (Å²) in [4.78, 5) is 2.41. The molecular weight excluding hydrogens is 233 g/mol. The molecule has 2 aromatic rings. The van der Waals surface area contributed by atoms with Gasteiger partial charge in [-0.25, -0.2) is 4.39 Å². The standard InChI is InChI=1S/C14H16FNS/c1-2-8-16-10-13-6-7-14(17-13)11-4-3-5-12(15)9-11/h3-7,9,16H,2,8,10H2,1H3. The van der Waals surface area contributed by atoms with E-state index < -0.39 is 0 Å². The lowest BCUT2D eigenvalue weighted by molar-refractivity contribution is 0.628. The third-order valence-electron chi connectivity index (χ3n) is 2.50. The molecule has 0 aliphatic rings. The summed E-state index contributed by atoms with van der Waals surface area (Å²) in [5.41, 5.74) is 0.955. The zero-order valence-electron chi connectivity index (χ0n) is 9.87. The quantitative estimate of drug-likeness (QED) is 0.788. The van der Waals surface area contributed by atoms with Gasteiger partial charge >= 0.3 is 0 Å². The van der Waals surface area contributed by atoms with Gasteiger partial charge in [-0.05, 0) is 42.8 Å². The highest BCUT2D eigenvalue weighted by atomic mass is 32.1. The summed E-state index contributed by atoms with van der Waals surface area (Å²) in [6, 6.07) is 10.9. The van der Waals surface area contributed by atoms with Crippen molar-refractivity contribution in [1.29, 1.82) is 0 Å². The first-order valence-corrected chi connectivity index (χ1v) is 6.66. The van der Waals surface area contributed by atoms with Gasteiger partial charge in [0.2, 0.25) is 0 Å². The van der Waals surface area contributed by atoms with Crippen molar-refractivity contribution < 1.29 is 4.39 Å². The Labute approximate surface area is 105 Å². The highest BCUT2D eigenvalue weighted by Gasteiger charge is 2.03. The third kappa shape index (κ3) is 3.38. The van der Waals surface area contributed by atoms with Crippen molar-refractivity contribution in [2.75, 3.05) is 6.54 Å². The van der Waals surface area contributed by atoms with Crippen LogP contribution in [0.5, 0.6) is 0 Å². The lowest BCUT2D eigenvalue weighted by Gasteiger charge is -1.99. The third-order valence-corrected chi connectivity index (χ3v) is 3.63. The molecule has 1 heterocycles. The van der Waals surface area contributed by atoms with Gasteiger partial charge in [-0.15, -0.1) is 11.3 Å². The topological polar surface area (TPSA) is 12.0 Å². The Bertz CT molecular complexity index is 479. The molecule has 1 N–H and O–H groups in total. The fourth-order valence-corrected chi connectivity index (χ4v) is 2.63. The zero-order valence-corrected chi connectivity index (χ0v) is 10.7. The van der Waals surface area contributed by atoms with Gasteiger partial charge in [0, 0.05) is 16.3 Å². The highest BCUT2D eigenvalue weighted by molar-refractivity contribution is 7.15. The first kappa shape index (κ1) is 12.3. The van der Waals surface area contributed by atoms with Crippen LogP contribution in [0.2, 0.25) is 0 Å². The molecule has 90 valence electrons. The van der Waals surface area contributed by atoms with Gasteiger partial charge in [-0.3, -0.25) is 0 Å². The molecule has 0 atom stereocenters. The molecule has 0 aliphatic heterocycles. The molecule has 0 amide bonds. The molecule has 0 saturated carbocycles. The van der Waals surface area contributed by atoms with Crippen molar-refractivity contribution in [3.05, 3.63) is 47.1 Å². The van der Waals surface area contributed by atoms with E-state index in [0.29, 0.717) is 0 Å². The molecule has 0 radical (unpaired) electrons. The van der Waals surface area contributed by atoms with E-state index in [1.54, 1.807) is 23.5 Å². The van der Waals surface area contributed by atoms with Crippen molar-refractivity contribution >= 4 is 11.3 Å². The molecule has 0 bridgehead atoms. The second-order valence-corrected chi connectivity index (χ2v) is 5.12. The minimum Gasteiger partial charge on any atom is -0.312 e. The Balaban J connectivity index is 2.07. The summed E-state index contributed by atoms with van der Waals surface area (Å²) < 4.78 is 13.1. The van der Waals surface area contributed by atoms with Gasteiger partial charge in [0.15, 0.2) is 0 Å². The summed E-state index contributed by atoms with van der Waals surface area (Å²) in [5, 5.41) is 3.36. The zero-order chi connectivity index (χ0) is 12.1. The van der Waals surface area contributed by atoms with Crippen molar-refractivity contribution in [1.82, 2.24) is 5.32 Å². The molecule has 17 heavy (non-hydrogen) atoms. The Morgan fingerprint density at radius 3 is 2.88 bits per heavy atom. The average Bonchev–Trinajstić information content (AvgIpc) is 2.78. The lowest BCUT2D eigenvalue weighted by atomic mass is 10.2. The van der Waals surface area contributed by atoms with Crippen molar-refractivity contribution in [2.24, 2.45) is 0 Å². The molecule has 0 aliphatic carbocycles. The molecule has 1 nitrogen and oxygen atoms in total. The van der Waals surface area contributed by atoms with Crippen LogP contribution in [0.15, 0.2) is 36.4 Å². The van der Waals surface area contributed by atoms with Crippen LogP contribution in [-0.4, -0.2) is 6.54 Å². The van der Waals surface area contributed by atoms with Crippen molar-refractivity contribution in [2.45, 2.75) is 19.9 Å². The van der Waals surface area contributed by atoms with E-state index in [1.165, 1.54) is 10.9 Å². The number of hydrogen-bond acceptors (Lipinski definition) is 2. The van der Waals surface area contributed by atoms with Crippen LogP contribution in [0.1, 0.15) is 18.2 Å². The summed E-state index contributed by atoms with van der Waals surface area (Å²) >= 11 is 1.72. The maximum absolute atomic E-state index is 13.1. The summed E-state index contributed by atoms with van der Waals surface area (Å²) in [6.45, 7) is 4.08. The van der Waals surface area contributed by atoms with Gasteiger partial charge < -0.3 is 5.32 Å². The van der Waals surface area contributed by atoms with E-state index in [0.717, 1.165) is 30.0 Å². The van der Waals surface area contributed by atoms with Crippen LogP contribution < -0.4 is 5.32 Å². The number of rotatable bonds is 5. The van der Waals surface area contributed by atoms with Gasteiger partial charge in [-0.1, -0.05) is 19.1 Å². The first-order valence-electron chi connectivity index (χ1n) is 5.85. The smallest absolute Gasteiger partial charge is 0.123 e. The predicted octanol–water partition coefficient (Wildman–Crippen LogP) is 4.05. The number of hydrogen-bond donors (Lipinski definition) is 1. The minimum absolute atomic E-state index is 0.179. The van der Waals surface area contributed by atoms with Crippen molar-refractivity contribution in [3.8, 4) is 10.4 Å². The van der Waals surface area contributed by atoms with Crippen molar-refractivity contribution in [3.63, 3.8) is 0 Å². The van der Waals surface area contributed by atoms with Crippen LogP contribution in [0.4, 0.5) is 4.39 Å². The predicted molar refractivity (Wildman–Crippen MR) is 71.7 cm³/mol. The monoisotopic (exact) mass is 249 g/mol.